The molecule has 13 heteroatoms. The second-order valence-corrected chi connectivity index (χ2v) is 10.9. The molecule has 0 radical (unpaired) electrons. The Morgan fingerprint density at radius 3 is 2.57 bits per heavy atom. The number of aryl methyl sites for hydroxylation is 1. The number of carbonyl (C=O) groups is 5. The lowest BCUT2D eigenvalue weighted by Gasteiger charge is -2.35. The number of benzene rings is 2. The van der Waals surface area contributed by atoms with E-state index in [9.17, 15) is 24.0 Å². The Hall–Kier alpha value is -3.67. The highest BCUT2D eigenvalue weighted by Crippen LogP contribution is 2.30. The summed E-state index contributed by atoms with van der Waals surface area (Å²) < 4.78 is 5.34. The molecule has 0 saturated carbocycles. The zero-order valence-corrected chi connectivity index (χ0v) is 24.7. The second kappa shape index (κ2) is 13.5. The summed E-state index contributed by atoms with van der Waals surface area (Å²) in [7, 11) is 0. The number of fused-ring (bicyclic) bond motifs is 1. The Balaban J connectivity index is 0.00000405. The van der Waals surface area contributed by atoms with Crippen molar-refractivity contribution < 1.29 is 28.7 Å². The minimum absolute atomic E-state index is 0. The molecule has 0 bridgehead atoms. The number of hydrogen-bond acceptors (Lipinski definition) is 7. The van der Waals surface area contributed by atoms with Gasteiger partial charge in [0.1, 0.15) is 6.04 Å². The molecule has 1 unspecified atom stereocenters. The van der Waals surface area contributed by atoms with Crippen LogP contribution in [0.25, 0.3) is 0 Å². The third-order valence-electron chi connectivity index (χ3n) is 7.75. The molecule has 3 N–H and O–H groups in total. The highest BCUT2D eigenvalue weighted by molar-refractivity contribution is 6.31. The minimum Gasteiger partial charge on any atom is -0.443 e. The SMILES string of the molecule is Cc1ccc(NC(=O)NCc2ccc3c(c2)CN(C2CCC(=O)N(COC(=O)C4CCNCC4)C2=O)C3=O)cc1Cl.Cl. The van der Waals surface area contributed by atoms with E-state index in [0.29, 0.717) is 29.1 Å². The maximum Gasteiger partial charge on any atom is 0.319 e. The summed E-state index contributed by atoms with van der Waals surface area (Å²) in [6.07, 6.45) is 1.56. The van der Waals surface area contributed by atoms with Crippen molar-refractivity contribution in [3.05, 3.63) is 63.7 Å². The first-order chi connectivity index (χ1) is 19.7. The van der Waals surface area contributed by atoms with Gasteiger partial charge in [-0.1, -0.05) is 29.8 Å². The number of carbonyl (C=O) groups excluding carboxylic acids is 5. The highest BCUT2D eigenvalue weighted by Gasteiger charge is 2.43. The van der Waals surface area contributed by atoms with Crippen LogP contribution in [0, 0.1) is 12.8 Å². The molecule has 2 aromatic rings. The average Bonchev–Trinajstić information content (AvgIpc) is 3.29. The number of hydrogen-bond donors (Lipinski definition) is 3. The van der Waals surface area contributed by atoms with Crippen LogP contribution in [0.5, 0.6) is 0 Å². The third-order valence-corrected chi connectivity index (χ3v) is 8.16. The second-order valence-electron chi connectivity index (χ2n) is 10.5. The molecule has 3 heterocycles. The Kier molecular flexibility index (Phi) is 10.1. The van der Waals surface area contributed by atoms with Crippen molar-refractivity contribution in [2.75, 3.05) is 25.1 Å². The summed E-state index contributed by atoms with van der Waals surface area (Å²) in [6, 6.07) is 9.27. The molecule has 3 aliphatic rings. The predicted molar refractivity (Wildman–Crippen MR) is 157 cm³/mol. The molecule has 0 aromatic heterocycles. The molecule has 2 aromatic carbocycles. The maximum absolute atomic E-state index is 13.3. The number of likely N-dealkylation sites (tertiary alicyclic amines) is 1. The van der Waals surface area contributed by atoms with E-state index >= 15 is 0 Å². The fraction of sp³-hybridized carbons (Fsp3) is 0.414. The van der Waals surface area contributed by atoms with Crippen LogP contribution in [0.2, 0.25) is 5.02 Å². The molecular weight excluding hydrogens is 585 g/mol. The van der Waals surface area contributed by atoms with Crippen LogP contribution in [-0.2, 0) is 32.2 Å². The van der Waals surface area contributed by atoms with Crippen LogP contribution < -0.4 is 16.0 Å². The standard InChI is InChI=1S/C29H32ClN5O6.ClH/c1-17-2-4-21(13-23(17)30)33-29(40)32-14-18-3-5-22-20(12-18)15-34(26(22)37)24-6-7-25(36)35(27(24)38)16-41-28(39)19-8-10-31-11-9-19;/h2-5,12-13,19,24,31H,6-11,14-16H2,1H3,(H2,32,33,40);1H. The monoisotopic (exact) mass is 617 g/mol. The van der Waals surface area contributed by atoms with E-state index in [0.717, 1.165) is 34.7 Å². The summed E-state index contributed by atoms with van der Waals surface area (Å²) in [5, 5.41) is 9.26. The van der Waals surface area contributed by atoms with Gasteiger partial charge in [0.25, 0.3) is 11.8 Å². The van der Waals surface area contributed by atoms with E-state index in [1.54, 1.807) is 24.3 Å². The number of imide groups is 1. The molecule has 5 amide bonds. The van der Waals surface area contributed by atoms with Crippen molar-refractivity contribution in [1.82, 2.24) is 20.4 Å². The van der Waals surface area contributed by atoms with Gasteiger partial charge in [0.05, 0.1) is 5.92 Å². The number of esters is 1. The van der Waals surface area contributed by atoms with Crippen molar-refractivity contribution in [3.63, 3.8) is 0 Å². The predicted octanol–water partition coefficient (Wildman–Crippen LogP) is 3.37. The van der Waals surface area contributed by atoms with Crippen LogP contribution in [0.1, 0.15) is 52.7 Å². The number of anilines is 1. The Morgan fingerprint density at radius 1 is 1.07 bits per heavy atom. The molecule has 5 rings (SSSR count). The van der Waals surface area contributed by atoms with Gasteiger partial charge in [0, 0.05) is 35.8 Å². The zero-order chi connectivity index (χ0) is 29.1. The number of nitrogens with one attached hydrogen (secondary N) is 3. The molecule has 0 spiro atoms. The summed E-state index contributed by atoms with van der Waals surface area (Å²) >= 11 is 6.12. The lowest BCUT2D eigenvalue weighted by molar-refractivity contribution is -0.166. The van der Waals surface area contributed by atoms with Gasteiger partial charge >= 0.3 is 12.0 Å². The molecule has 2 saturated heterocycles. The van der Waals surface area contributed by atoms with Gasteiger partial charge < -0.3 is 25.6 Å². The molecule has 1 atom stereocenters. The summed E-state index contributed by atoms with van der Waals surface area (Å²) in [5.41, 5.74) is 3.46. The van der Waals surface area contributed by atoms with Crippen LogP contribution >= 0.6 is 24.0 Å². The van der Waals surface area contributed by atoms with Crippen molar-refractivity contribution in [3.8, 4) is 0 Å². The van der Waals surface area contributed by atoms with Crippen LogP contribution in [0.4, 0.5) is 10.5 Å². The number of urea groups is 1. The van der Waals surface area contributed by atoms with Gasteiger partial charge in [-0.25, -0.2) is 9.69 Å². The smallest absolute Gasteiger partial charge is 0.319 e. The van der Waals surface area contributed by atoms with Crippen molar-refractivity contribution in [2.24, 2.45) is 5.92 Å². The number of amides is 5. The Labute approximate surface area is 254 Å². The summed E-state index contributed by atoms with van der Waals surface area (Å²) in [6.45, 7) is 3.28. The molecule has 11 nitrogen and oxygen atoms in total. The molecule has 2 fully saturated rings. The van der Waals surface area contributed by atoms with Crippen molar-refractivity contribution in [2.45, 2.75) is 51.7 Å². The number of nitrogens with zero attached hydrogens (tertiary/aromatic N) is 2. The lowest BCUT2D eigenvalue weighted by Crippen LogP contribution is -2.55. The number of ether oxygens (including phenoxy) is 1. The molecular formula is C29H33Cl2N5O6. The molecule has 224 valence electrons. The molecule has 3 aliphatic heterocycles. The van der Waals surface area contributed by atoms with Crippen molar-refractivity contribution >= 4 is 59.4 Å². The average molecular weight is 619 g/mol. The third kappa shape index (κ3) is 6.86. The number of piperidine rings is 2. The van der Waals surface area contributed by atoms with Gasteiger partial charge in [0.15, 0.2) is 6.73 Å². The normalized spacial score (nSPS) is 18.8. The van der Waals surface area contributed by atoms with Crippen LogP contribution in [-0.4, -0.2) is 65.4 Å². The fourth-order valence-corrected chi connectivity index (χ4v) is 5.52. The van der Waals surface area contributed by atoms with Gasteiger partial charge in [-0.3, -0.25) is 19.2 Å². The first-order valence-corrected chi connectivity index (χ1v) is 14.0. The largest absolute Gasteiger partial charge is 0.443 e. The maximum atomic E-state index is 13.3. The van der Waals surface area contributed by atoms with E-state index in [-0.39, 0.29) is 50.2 Å². The van der Waals surface area contributed by atoms with Gasteiger partial charge in [-0.05, 0) is 74.2 Å². The van der Waals surface area contributed by atoms with Crippen molar-refractivity contribution in [1.29, 1.82) is 0 Å². The van der Waals surface area contributed by atoms with Crippen LogP contribution in [0.15, 0.2) is 36.4 Å². The van der Waals surface area contributed by atoms with E-state index in [1.165, 1.54) is 4.90 Å². The van der Waals surface area contributed by atoms with E-state index in [1.807, 2.05) is 19.1 Å². The first kappa shape index (κ1) is 31.3. The lowest BCUT2D eigenvalue weighted by atomic mass is 9.99. The van der Waals surface area contributed by atoms with Gasteiger partial charge in [0.2, 0.25) is 5.91 Å². The highest BCUT2D eigenvalue weighted by atomic mass is 35.5. The number of halogens is 2. The zero-order valence-electron chi connectivity index (χ0n) is 23.1. The van der Waals surface area contributed by atoms with Crippen LogP contribution in [0.3, 0.4) is 0 Å². The first-order valence-electron chi connectivity index (χ1n) is 13.7. The Bertz CT molecular complexity index is 1400. The van der Waals surface area contributed by atoms with Gasteiger partial charge in [-0.2, -0.15) is 0 Å². The number of rotatable bonds is 7. The van der Waals surface area contributed by atoms with E-state index in [4.69, 9.17) is 16.3 Å². The Morgan fingerprint density at radius 2 is 1.83 bits per heavy atom. The molecule has 42 heavy (non-hydrogen) atoms. The molecule has 0 aliphatic carbocycles. The topological polar surface area (TPSA) is 137 Å². The minimum atomic E-state index is -0.834. The van der Waals surface area contributed by atoms with E-state index < -0.39 is 36.6 Å². The van der Waals surface area contributed by atoms with E-state index in [2.05, 4.69) is 16.0 Å². The fourth-order valence-electron chi connectivity index (χ4n) is 5.34. The quantitative estimate of drug-likeness (QED) is 0.320. The summed E-state index contributed by atoms with van der Waals surface area (Å²) in [4.78, 5) is 66.3. The van der Waals surface area contributed by atoms with Gasteiger partial charge in [-0.15, -0.1) is 12.4 Å². The summed E-state index contributed by atoms with van der Waals surface area (Å²) in [5.74, 6) is -1.94.